The number of aromatic nitrogens is 1. The van der Waals surface area contributed by atoms with Gasteiger partial charge in [0.15, 0.2) is 5.76 Å². The minimum atomic E-state index is -0.668. The number of aryl methyl sites for hydroxylation is 2. The van der Waals surface area contributed by atoms with Gasteiger partial charge in [-0.2, -0.15) is 5.26 Å². The van der Waals surface area contributed by atoms with E-state index in [-0.39, 0.29) is 29.0 Å². The molecule has 0 aliphatic carbocycles. The zero-order valence-corrected chi connectivity index (χ0v) is 19.4. The van der Waals surface area contributed by atoms with Crippen LogP contribution in [0.5, 0.6) is 11.6 Å². The minimum Gasteiger partial charge on any atom is -0.497 e. The van der Waals surface area contributed by atoms with E-state index in [9.17, 15) is 20.0 Å². The molecule has 0 radical (unpaired) electrons. The van der Waals surface area contributed by atoms with Crippen molar-refractivity contribution < 1.29 is 19.1 Å². The largest absolute Gasteiger partial charge is 0.497 e. The number of methoxy groups -OCH3 is 1. The summed E-state index contributed by atoms with van der Waals surface area (Å²) in [5.74, 6) is -0.372. The fourth-order valence-electron chi connectivity index (χ4n) is 4.10. The SMILES string of the molecule is CCc1ccc2oc(C(=O)c3c(C)c(C#N)c(=O)n(Cc4ccc(OC)cc4)c3O)c(C)c2c1. The number of rotatable bonds is 6. The highest BCUT2D eigenvalue weighted by Crippen LogP contribution is 2.32. The molecule has 2 aromatic carbocycles. The van der Waals surface area contributed by atoms with Crippen LogP contribution in [0, 0.1) is 25.2 Å². The summed E-state index contributed by atoms with van der Waals surface area (Å²) in [6, 6.07) is 14.6. The number of aromatic hydroxyl groups is 1. The third-order valence-electron chi connectivity index (χ3n) is 6.14. The van der Waals surface area contributed by atoms with Crippen molar-refractivity contribution in [3.8, 4) is 17.7 Å². The van der Waals surface area contributed by atoms with Gasteiger partial charge in [0.1, 0.15) is 23.0 Å². The maximum absolute atomic E-state index is 13.6. The van der Waals surface area contributed by atoms with Crippen molar-refractivity contribution in [1.29, 1.82) is 5.26 Å². The first-order valence-electron chi connectivity index (χ1n) is 10.9. The molecule has 2 heterocycles. The lowest BCUT2D eigenvalue weighted by molar-refractivity contribution is 0.101. The number of pyridine rings is 1. The number of carbonyl (C=O) groups excluding carboxylic acids is 1. The number of fused-ring (bicyclic) bond motifs is 1. The molecule has 0 amide bonds. The van der Waals surface area contributed by atoms with Crippen molar-refractivity contribution in [2.75, 3.05) is 7.11 Å². The van der Waals surface area contributed by atoms with Gasteiger partial charge in [0, 0.05) is 10.9 Å². The van der Waals surface area contributed by atoms with Gasteiger partial charge in [-0.05, 0) is 61.2 Å². The molecule has 7 heteroatoms. The van der Waals surface area contributed by atoms with Crippen LogP contribution in [0.3, 0.4) is 0 Å². The number of carbonyl (C=O) groups is 1. The van der Waals surface area contributed by atoms with Gasteiger partial charge in [-0.25, -0.2) is 0 Å². The predicted octanol–water partition coefficient (Wildman–Crippen LogP) is 4.64. The highest BCUT2D eigenvalue weighted by atomic mass is 16.5. The zero-order chi connectivity index (χ0) is 24.6. The van der Waals surface area contributed by atoms with Crippen LogP contribution >= 0.6 is 0 Å². The molecule has 2 aromatic heterocycles. The van der Waals surface area contributed by atoms with Crippen LogP contribution in [0.2, 0.25) is 0 Å². The van der Waals surface area contributed by atoms with Gasteiger partial charge < -0.3 is 14.3 Å². The van der Waals surface area contributed by atoms with E-state index in [0.717, 1.165) is 21.9 Å². The highest BCUT2D eigenvalue weighted by molar-refractivity contribution is 6.12. The van der Waals surface area contributed by atoms with Crippen LogP contribution in [0.4, 0.5) is 0 Å². The molecule has 0 atom stereocenters. The average molecular weight is 456 g/mol. The summed E-state index contributed by atoms with van der Waals surface area (Å²) >= 11 is 0. The van der Waals surface area contributed by atoms with Crippen molar-refractivity contribution in [3.63, 3.8) is 0 Å². The Morgan fingerprint density at radius 3 is 2.41 bits per heavy atom. The molecule has 7 nitrogen and oxygen atoms in total. The molecule has 1 N–H and O–H groups in total. The Kier molecular flexibility index (Phi) is 5.99. The summed E-state index contributed by atoms with van der Waals surface area (Å²) in [4.78, 5) is 26.6. The Labute approximate surface area is 196 Å². The molecule has 0 aliphatic heterocycles. The van der Waals surface area contributed by atoms with Crippen LogP contribution in [0.15, 0.2) is 51.7 Å². The van der Waals surface area contributed by atoms with Crippen LogP contribution in [0.25, 0.3) is 11.0 Å². The smallest absolute Gasteiger partial charge is 0.271 e. The van der Waals surface area contributed by atoms with Gasteiger partial charge in [0.25, 0.3) is 5.56 Å². The van der Waals surface area contributed by atoms with Crippen LogP contribution in [-0.2, 0) is 13.0 Å². The molecule has 4 rings (SSSR count). The van der Waals surface area contributed by atoms with E-state index in [2.05, 4.69) is 0 Å². The lowest BCUT2D eigenvalue weighted by Crippen LogP contribution is -2.27. The Balaban J connectivity index is 1.87. The van der Waals surface area contributed by atoms with E-state index in [1.54, 1.807) is 38.3 Å². The topological polar surface area (TPSA) is 105 Å². The predicted molar refractivity (Wildman–Crippen MR) is 128 cm³/mol. The molecule has 0 saturated heterocycles. The van der Waals surface area contributed by atoms with E-state index in [1.807, 2.05) is 31.2 Å². The van der Waals surface area contributed by atoms with Gasteiger partial charge >= 0.3 is 0 Å². The average Bonchev–Trinajstić information content (AvgIpc) is 3.18. The third kappa shape index (κ3) is 3.73. The molecule has 0 spiro atoms. The molecule has 0 aliphatic rings. The molecule has 4 aromatic rings. The van der Waals surface area contributed by atoms with Gasteiger partial charge in [-0.3, -0.25) is 14.2 Å². The fraction of sp³-hybridized carbons (Fsp3) is 0.222. The number of ether oxygens (including phenoxy) is 1. The van der Waals surface area contributed by atoms with Crippen molar-refractivity contribution in [2.24, 2.45) is 0 Å². The highest BCUT2D eigenvalue weighted by Gasteiger charge is 2.28. The second-order valence-corrected chi connectivity index (χ2v) is 8.12. The minimum absolute atomic E-state index is 0.0249. The lowest BCUT2D eigenvalue weighted by atomic mass is 9.98. The zero-order valence-electron chi connectivity index (χ0n) is 19.4. The van der Waals surface area contributed by atoms with E-state index >= 15 is 0 Å². The second kappa shape index (κ2) is 8.91. The van der Waals surface area contributed by atoms with Gasteiger partial charge in [0.05, 0.1) is 19.2 Å². The summed E-state index contributed by atoms with van der Waals surface area (Å²) in [6.45, 7) is 5.28. The maximum atomic E-state index is 13.6. The summed E-state index contributed by atoms with van der Waals surface area (Å²) in [5, 5.41) is 21.5. The van der Waals surface area contributed by atoms with Crippen molar-refractivity contribution in [3.05, 3.63) is 92.0 Å². The van der Waals surface area contributed by atoms with E-state index in [0.29, 0.717) is 22.5 Å². The van der Waals surface area contributed by atoms with Crippen molar-refractivity contribution >= 4 is 16.8 Å². The van der Waals surface area contributed by atoms with Gasteiger partial charge in [-0.1, -0.05) is 25.1 Å². The van der Waals surface area contributed by atoms with Crippen molar-refractivity contribution in [1.82, 2.24) is 4.57 Å². The first-order valence-corrected chi connectivity index (χ1v) is 10.9. The number of nitrogens with zero attached hydrogens (tertiary/aromatic N) is 2. The Morgan fingerprint density at radius 2 is 1.79 bits per heavy atom. The number of benzene rings is 2. The maximum Gasteiger partial charge on any atom is 0.271 e. The summed E-state index contributed by atoms with van der Waals surface area (Å²) < 4.78 is 12.1. The van der Waals surface area contributed by atoms with Crippen molar-refractivity contribution in [2.45, 2.75) is 33.7 Å². The molecule has 0 saturated carbocycles. The molecule has 0 bridgehead atoms. The lowest BCUT2D eigenvalue weighted by Gasteiger charge is -2.15. The number of nitriles is 1. The first-order chi connectivity index (χ1) is 16.3. The van der Waals surface area contributed by atoms with E-state index in [1.165, 1.54) is 6.92 Å². The van der Waals surface area contributed by atoms with Gasteiger partial charge in [0.2, 0.25) is 11.7 Å². The number of furan rings is 1. The summed E-state index contributed by atoms with van der Waals surface area (Å²) in [5.41, 5.74) is 2.13. The summed E-state index contributed by atoms with van der Waals surface area (Å²) in [7, 11) is 1.55. The standard InChI is InChI=1S/C27H24N2O5/c1-5-17-8-11-22-20(12-17)16(3)25(34-22)24(30)23-15(2)21(13-28)26(31)29(27(23)32)14-18-6-9-19(33-4)10-7-18/h6-12,32H,5,14H2,1-4H3. The van der Waals surface area contributed by atoms with Crippen LogP contribution in [0.1, 0.15) is 50.9 Å². The van der Waals surface area contributed by atoms with Crippen LogP contribution < -0.4 is 10.3 Å². The molecule has 0 fully saturated rings. The fourth-order valence-corrected chi connectivity index (χ4v) is 4.10. The number of hydrogen-bond donors (Lipinski definition) is 1. The van der Waals surface area contributed by atoms with E-state index in [4.69, 9.17) is 9.15 Å². The van der Waals surface area contributed by atoms with E-state index < -0.39 is 17.2 Å². The summed E-state index contributed by atoms with van der Waals surface area (Å²) in [6.07, 6.45) is 0.839. The Morgan fingerprint density at radius 1 is 1.12 bits per heavy atom. The Hall–Kier alpha value is -4.31. The quantitative estimate of drug-likeness (QED) is 0.424. The monoisotopic (exact) mass is 456 g/mol. The van der Waals surface area contributed by atoms with Gasteiger partial charge in [-0.15, -0.1) is 0 Å². The van der Waals surface area contributed by atoms with Crippen LogP contribution in [-0.4, -0.2) is 22.6 Å². The normalized spacial score (nSPS) is 10.9. The Bertz CT molecular complexity index is 1520. The molecule has 34 heavy (non-hydrogen) atoms. The first kappa shape index (κ1) is 22.9. The molecule has 172 valence electrons. The molecular weight excluding hydrogens is 432 g/mol. The second-order valence-electron chi connectivity index (χ2n) is 8.12. The molecular formula is C27H24N2O5. The number of ketones is 1. The molecule has 0 unspecified atom stereocenters. The third-order valence-corrected chi connectivity index (χ3v) is 6.14. The number of hydrogen-bond acceptors (Lipinski definition) is 6.